The summed E-state index contributed by atoms with van der Waals surface area (Å²) in [6.45, 7) is 4.05. The summed E-state index contributed by atoms with van der Waals surface area (Å²) in [5.74, 6) is 1.36. The van der Waals surface area contributed by atoms with Gasteiger partial charge in [-0.2, -0.15) is 0 Å². The average molecular weight is 331 g/mol. The molecule has 0 spiro atoms. The van der Waals surface area contributed by atoms with Gasteiger partial charge in [0.25, 0.3) is 0 Å². The Morgan fingerprint density at radius 1 is 1.33 bits per heavy atom. The number of nitrogens with zero attached hydrogens (tertiary/aromatic N) is 1. The van der Waals surface area contributed by atoms with E-state index in [0.29, 0.717) is 31.1 Å². The number of likely N-dealkylation sites (tertiary alicyclic amines) is 1. The van der Waals surface area contributed by atoms with E-state index in [4.69, 9.17) is 9.15 Å². The summed E-state index contributed by atoms with van der Waals surface area (Å²) < 4.78 is 10.8. The molecule has 0 radical (unpaired) electrons. The predicted molar refractivity (Wildman–Crippen MR) is 91.0 cm³/mol. The number of aliphatic hydroxyl groups is 1. The van der Waals surface area contributed by atoms with Crippen LogP contribution in [0.25, 0.3) is 0 Å². The van der Waals surface area contributed by atoms with E-state index in [2.05, 4.69) is 4.90 Å². The van der Waals surface area contributed by atoms with Crippen molar-refractivity contribution in [3.63, 3.8) is 0 Å². The zero-order valence-electron chi connectivity index (χ0n) is 14.0. The van der Waals surface area contributed by atoms with Gasteiger partial charge in [-0.1, -0.05) is 12.1 Å². The molecule has 5 heteroatoms. The minimum Gasteiger partial charge on any atom is -0.504 e. The molecule has 0 saturated carbocycles. The van der Waals surface area contributed by atoms with Crippen LogP contribution in [0.1, 0.15) is 43.6 Å². The van der Waals surface area contributed by atoms with Crippen molar-refractivity contribution in [2.75, 3.05) is 13.2 Å². The molecule has 1 aromatic carbocycles. The summed E-state index contributed by atoms with van der Waals surface area (Å²) >= 11 is 0. The Morgan fingerprint density at radius 3 is 2.96 bits per heavy atom. The normalized spacial score (nSPS) is 19.5. The molecule has 1 aliphatic rings. The number of phenolic OH excluding ortho intramolecular Hbond substituents is 1. The highest BCUT2D eigenvalue weighted by molar-refractivity contribution is 5.45. The first-order valence-electron chi connectivity index (χ1n) is 8.58. The van der Waals surface area contributed by atoms with Gasteiger partial charge in [0.15, 0.2) is 11.5 Å². The van der Waals surface area contributed by atoms with Gasteiger partial charge in [0.2, 0.25) is 0 Å². The SMILES string of the molecule is CCOc1cccc(CN2CCCC2CC(O)c2ccco2)c1O. The summed E-state index contributed by atoms with van der Waals surface area (Å²) in [7, 11) is 0. The fourth-order valence-electron chi connectivity index (χ4n) is 3.41. The lowest BCUT2D eigenvalue weighted by molar-refractivity contribution is 0.0992. The third kappa shape index (κ3) is 3.74. The largest absolute Gasteiger partial charge is 0.504 e. The van der Waals surface area contributed by atoms with Crippen LogP contribution in [0.3, 0.4) is 0 Å². The topological polar surface area (TPSA) is 66.1 Å². The molecule has 1 aliphatic heterocycles. The van der Waals surface area contributed by atoms with Crippen molar-refractivity contribution in [2.45, 2.75) is 44.9 Å². The maximum atomic E-state index is 10.4. The molecule has 5 nitrogen and oxygen atoms in total. The first-order chi connectivity index (χ1) is 11.7. The molecule has 0 amide bonds. The predicted octanol–water partition coefficient (Wildman–Crippen LogP) is 3.47. The van der Waals surface area contributed by atoms with Gasteiger partial charge in [-0.15, -0.1) is 0 Å². The molecular formula is C19H25NO4. The van der Waals surface area contributed by atoms with Crippen molar-refractivity contribution in [3.05, 3.63) is 47.9 Å². The van der Waals surface area contributed by atoms with Crippen LogP contribution >= 0.6 is 0 Å². The van der Waals surface area contributed by atoms with Gasteiger partial charge in [0, 0.05) is 18.2 Å². The van der Waals surface area contributed by atoms with Crippen LogP contribution in [0.2, 0.25) is 0 Å². The number of benzene rings is 1. The Labute approximate surface area is 142 Å². The molecule has 1 saturated heterocycles. The van der Waals surface area contributed by atoms with Gasteiger partial charge >= 0.3 is 0 Å². The van der Waals surface area contributed by atoms with Crippen molar-refractivity contribution in [1.82, 2.24) is 4.90 Å². The Bertz CT molecular complexity index is 641. The van der Waals surface area contributed by atoms with Crippen LogP contribution in [-0.4, -0.2) is 34.3 Å². The summed E-state index contributed by atoms with van der Waals surface area (Å²) in [6, 6.07) is 9.49. The molecule has 0 aliphatic carbocycles. The van der Waals surface area contributed by atoms with Crippen molar-refractivity contribution in [2.24, 2.45) is 0 Å². The number of hydrogen-bond donors (Lipinski definition) is 2. The Kier molecular flexibility index (Phi) is 5.43. The van der Waals surface area contributed by atoms with E-state index in [0.717, 1.165) is 24.9 Å². The Balaban J connectivity index is 1.67. The monoisotopic (exact) mass is 331 g/mol. The fraction of sp³-hybridized carbons (Fsp3) is 0.474. The molecule has 3 rings (SSSR count). The Morgan fingerprint density at radius 2 is 2.21 bits per heavy atom. The number of furan rings is 1. The van der Waals surface area contributed by atoms with E-state index in [-0.39, 0.29) is 11.8 Å². The second-order valence-electron chi connectivity index (χ2n) is 6.23. The van der Waals surface area contributed by atoms with Gasteiger partial charge in [-0.3, -0.25) is 4.90 Å². The summed E-state index contributed by atoms with van der Waals surface area (Å²) in [5, 5.41) is 20.7. The maximum Gasteiger partial charge on any atom is 0.162 e. The first-order valence-corrected chi connectivity index (χ1v) is 8.58. The number of aromatic hydroxyl groups is 1. The van der Waals surface area contributed by atoms with Crippen LogP contribution in [0.15, 0.2) is 41.0 Å². The van der Waals surface area contributed by atoms with Gasteiger partial charge in [-0.25, -0.2) is 0 Å². The summed E-state index contributed by atoms with van der Waals surface area (Å²) in [5.41, 5.74) is 0.861. The van der Waals surface area contributed by atoms with Crippen LogP contribution < -0.4 is 4.74 Å². The highest BCUT2D eigenvalue weighted by Gasteiger charge is 2.28. The quantitative estimate of drug-likeness (QED) is 0.813. The molecular weight excluding hydrogens is 306 g/mol. The highest BCUT2D eigenvalue weighted by atomic mass is 16.5. The maximum absolute atomic E-state index is 10.4. The summed E-state index contributed by atoms with van der Waals surface area (Å²) in [4.78, 5) is 2.32. The standard InChI is InChI=1S/C19H25NO4/c1-2-23-18-8-3-6-14(19(18)22)13-20-10-4-7-15(20)12-16(21)17-9-5-11-24-17/h3,5-6,8-9,11,15-16,21-22H,2,4,7,10,12-13H2,1H3. The van der Waals surface area contributed by atoms with E-state index in [1.807, 2.05) is 19.1 Å². The number of para-hydroxylation sites is 1. The lowest BCUT2D eigenvalue weighted by Crippen LogP contribution is -2.30. The number of aliphatic hydroxyl groups excluding tert-OH is 1. The molecule has 1 aromatic heterocycles. The average Bonchev–Trinajstić information content (AvgIpc) is 3.24. The fourth-order valence-corrected chi connectivity index (χ4v) is 3.41. The smallest absolute Gasteiger partial charge is 0.162 e. The minimum atomic E-state index is -0.589. The molecule has 1 fully saturated rings. The van der Waals surface area contributed by atoms with Crippen molar-refractivity contribution >= 4 is 0 Å². The molecule has 2 heterocycles. The summed E-state index contributed by atoms with van der Waals surface area (Å²) in [6.07, 6.45) is 3.78. The van der Waals surface area contributed by atoms with Gasteiger partial charge < -0.3 is 19.4 Å². The number of ether oxygens (including phenoxy) is 1. The van der Waals surface area contributed by atoms with E-state index in [1.165, 1.54) is 0 Å². The molecule has 2 atom stereocenters. The molecule has 24 heavy (non-hydrogen) atoms. The first kappa shape index (κ1) is 16.9. The zero-order valence-corrected chi connectivity index (χ0v) is 14.0. The van der Waals surface area contributed by atoms with Crippen LogP contribution in [0.4, 0.5) is 0 Å². The van der Waals surface area contributed by atoms with E-state index >= 15 is 0 Å². The molecule has 2 N–H and O–H groups in total. The molecule has 130 valence electrons. The van der Waals surface area contributed by atoms with Crippen LogP contribution in [0, 0.1) is 0 Å². The van der Waals surface area contributed by atoms with Gasteiger partial charge in [-0.05, 0) is 50.9 Å². The van der Waals surface area contributed by atoms with Crippen molar-refractivity contribution in [1.29, 1.82) is 0 Å². The van der Waals surface area contributed by atoms with Crippen molar-refractivity contribution in [3.8, 4) is 11.5 Å². The molecule has 0 bridgehead atoms. The third-order valence-corrected chi connectivity index (χ3v) is 4.62. The second kappa shape index (κ2) is 7.73. The Hall–Kier alpha value is -1.98. The van der Waals surface area contributed by atoms with Gasteiger partial charge in [0.05, 0.1) is 12.9 Å². The second-order valence-corrected chi connectivity index (χ2v) is 6.23. The zero-order chi connectivity index (χ0) is 16.9. The number of rotatable bonds is 7. The number of hydrogen-bond acceptors (Lipinski definition) is 5. The lowest BCUT2D eigenvalue weighted by atomic mass is 10.0. The molecule has 2 aromatic rings. The molecule has 2 unspecified atom stereocenters. The highest BCUT2D eigenvalue weighted by Crippen LogP contribution is 2.34. The lowest BCUT2D eigenvalue weighted by Gasteiger charge is -2.26. The third-order valence-electron chi connectivity index (χ3n) is 4.62. The number of phenols is 1. The minimum absolute atomic E-state index is 0.219. The van der Waals surface area contributed by atoms with E-state index < -0.39 is 6.10 Å². The van der Waals surface area contributed by atoms with E-state index in [9.17, 15) is 10.2 Å². The van der Waals surface area contributed by atoms with Gasteiger partial charge in [0.1, 0.15) is 11.9 Å². The van der Waals surface area contributed by atoms with Crippen LogP contribution in [-0.2, 0) is 6.54 Å². The van der Waals surface area contributed by atoms with E-state index in [1.54, 1.807) is 24.5 Å². The van der Waals surface area contributed by atoms with Crippen LogP contribution in [0.5, 0.6) is 11.5 Å². The van der Waals surface area contributed by atoms with Crippen molar-refractivity contribution < 1.29 is 19.4 Å².